The summed E-state index contributed by atoms with van der Waals surface area (Å²) in [6.45, 7) is -2.93. The van der Waals surface area contributed by atoms with E-state index in [0.29, 0.717) is 0 Å². The fraction of sp³-hybridized carbons (Fsp3) is 0.583. The van der Waals surface area contributed by atoms with Crippen LogP contribution in [-0.2, 0) is 16.4 Å². The molecule has 1 aliphatic rings. The van der Waals surface area contributed by atoms with Gasteiger partial charge in [-0.3, -0.25) is 9.98 Å². The van der Waals surface area contributed by atoms with Gasteiger partial charge in [0.2, 0.25) is 0 Å². The highest BCUT2D eigenvalue weighted by Crippen LogP contribution is 2.32. The molecule has 21 heavy (non-hydrogen) atoms. The minimum atomic E-state index is -2.54. The predicted octanol–water partition coefficient (Wildman–Crippen LogP) is -1.49. The number of hydrogen-bond donors (Lipinski definition) is 3. The Kier molecular flexibility index (Phi) is 2.68. The Bertz CT molecular complexity index is 804. The van der Waals surface area contributed by atoms with E-state index in [1.54, 1.807) is 0 Å². The van der Waals surface area contributed by atoms with Gasteiger partial charge in [0.05, 0.1) is 19.3 Å². The summed E-state index contributed by atoms with van der Waals surface area (Å²) < 4.78 is 35.2. The van der Waals surface area contributed by atoms with Crippen molar-refractivity contribution in [1.82, 2.24) is 19.1 Å². The fourth-order valence-corrected chi connectivity index (χ4v) is 2.47. The Balaban J connectivity index is 2.09. The molecule has 0 amide bonds. The largest absolute Gasteiger partial charge is 0.394 e. The molecule has 0 spiro atoms. The topological polar surface area (TPSA) is 118 Å². The van der Waals surface area contributed by atoms with Crippen molar-refractivity contribution in [2.45, 2.75) is 24.5 Å². The monoisotopic (exact) mass is 298 g/mol. The van der Waals surface area contributed by atoms with Gasteiger partial charge >= 0.3 is 0 Å². The molecular formula is C12H17N5O4. The Morgan fingerprint density at radius 3 is 3.00 bits per heavy atom. The van der Waals surface area contributed by atoms with Crippen LogP contribution in [-0.4, -0.2) is 61.3 Å². The average Bonchev–Trinajstić information content (AvgIpc) is 3.07. The van der Waals surface area contributed by atoms with E-state index in [1.807, 2.05) is 0 Å². The van der Waals surface area contributed by atoms with E-state index in [2.05, 4.69) is 9.97 Å². The van der Waals surface area contributed by atoms with E-state index in [-0.39, 0.29) is 23.3 Å². The molecule has 9 heteroatoms. The summed E-state index contributed by atoms with van der Waals surface area (Å²) in [6, 6.07) is 0. The van der Waals surface area contributed by atoms with Crippen molar-refractivity contribution in [2.75, 3.05) is 13.7 Å². The molecule has 0 unspecified atom stereocenters. The Hall–Kier alpha value is -1.81. The molecule has 3 rings (SSSR count). The van der Waals surface area contributed by atoms with Crippen LogP contribution in [0.4, 0.5) is 0 Å². The van der Waals surface area contributed by atoms with Crippen molar-refractivity contribution < 1.29 is 23.8 Å². The van der Waals surface area contributed by atoms with E-state index in [4.69, 9.17) is 19.0 Å². The predicted molar refractivity (Wildman–Crippen MR) is 70.2 cm³/mol. The van der Waals surface area contributed by atoms with Gasteiger partial charge in [-0.2, -0.15) is 0 Å². The molecule has 1 fully saturated rings. The quantitative estimate of drug-likeness (QED) is 0.635. The summed E-state index contributed by atoms with van der Waals surface area (Å²) in [6.07, 6.45) is -1.10. The zero-order chi connectivity index (χ0) is 17.6. The second-order valence-electron chi connectivity index (χ2n) is 4.73. The first-order chi connectivity index (χ1) is 11.3. The van der Waals surface area contributed by atoms with E-state index in [1.165, 1.54) is 18.0 Å². The third kappa shape index (κ3) is 2.05. The zero-order valence-electron chi connectivity index (χ0n) is 14.2. The van der Waals surface area contributed by atoms with Crippen LogP contribution in [0.3, 0.4) is 0 Å². The lowest BCUT2D eigenvalue weighted by Crippen LogP contribution is -2.34. The van der Waals surface area contributed by atoms with E-state index < -0.39 is 31.5 Å². The van der Waals surface area contributed by atoms with Gasteiger partial charge < -0.3 is 24.3 Å². The van der Waals surface area contributed by atoms with E-state index in [9.17, 15) is 10.2 Å². The third-order valence-electron chi connectivity index (χ3n) is 3.57. The van der Waals surface area contributed by atoms with Crippen LogP contribution in [0.15, 0.2) is 12.7 Å². The van der Waals surface area contributed by atoms with Crippen molar-refractivity contribution in [2.24, 2.45) is 6.98 Å². The van der Waals surface area contributed by atoms with Crippen molar-refractivity contribution in [3.63, 3.8) is 0 Å². The van der Waals surface area contributed by atoms with Crippen LogP contribution in [0, 0.1) is 5.41 Å². The number of nitrogens with zero attached hydrogens (tertiary/aromatic N) is 4. The number of ether oxygens (including phenoxy) is 2. The first-order valence-electron chi connectivity index (χ1n) is 7.76. The first-order valence-corrected chi connectivity index (χ1v) is 6.26. The first kappa shape index (κ1) is 10.9. The molecule has 0 saturated carbocycles. The number of rotatable bonds is 3. The Morgan fingerprint density at radius 1 is 1.52 bits per heavy atom. The van der Waals surface area contributed by atoms with Gasteiger partial charge in [-0.15, -0.1) is 0 Å². The van der Waals surface area contributed by atoms with Crippen LogP contribution in [0.5, 0.6) is 0 Å². The molecule has 0 radical (unpaired) electrons. The molecule has 2 aromatic rings. The standard InChI is InChI=1S/C12H17N5O4/c1-16-4-15-11-7(10(16)13)14-5-17(11)12-9(20-2)8(19)6(3-18)21-12/h4-6,8-9,12-13,18-19H,3H2,1-2H3/t6-,8-,9-,12-/m1/s1/i1D3. The zero-order valence-corrected chi connectivity index (χ0v) is 11.2. The van der Waals surface area contributed by atoms with Crippen LogP contribution in [0.2, 0.25) is 0 Å². The normalized spacial score (nSPS) is 32.0. The highest BCUT2D eigenvalue weighted by molar-refractivity contribution is 5.68. The molecule has 3 N–H and O–H groups in total. The molecular weight excluding hydrogens is 278 g/mol. The fourth-order valence-electron chi connectivity index (χ4n) is 2.47. The molecule has 1 aliphatic heterocycles. The number of imidazole rings is 1. The molecule has 0 bridgehead atoms. The number of nitrogens with one attached hydrogen (secondary N) is 1. The van der Waals surface area contributed by atoms with Crippen molar-refractivity contribution in [3.05, 3.63) is 18.1 Å². The molecule has 9 nitrogen and oxygen atoms in total. The molecule has 4 atom stereocenters. The number of hydrogen-bond acceptors (Lipinski definition) is 7. The summed E-state index contributed by atoms with van der Waals surface area (Å²) in [5, 5.41) is 27.4. The highest BCUT2D eigenvalue weighted by Gasteiger charge is 2.45. The minimum absolute atomic E-state index is 0.0778. The number of methoxy groups -OCH3 is 1. The number of aromatic nitrogens is 4. The molecule has 3 heterocycles. The van der Waals surface area contributed by atoms with Crippen LogP contribution in [0.1, 0.15) is 10.3 Å². The van der Waals surface area contributed by atoms with Gasteiger partial charge in [0, 0.05) is 18.2 Å². The molecule has 0 aromatic carbocycles. The summed E-state index contributed by atoms with van der Waals surface area (Å²) in [5.74, 6) is 0. The van der Waals surface area contributed by atoms with Gasteiger partial charge in [-0.1, -0.05) is 0 Å². The highest BCUT2D eigenvalue weighted by atomic mass is 16.6. The van der Waals surface area contributed by atoms with Gasteiger partial charge in [-0.25, -0.2) is 9.97 Å². The number of aliphatic hydroxyl groups excluding tert-OH is 2. The smallest absolute Gasteiger partial charge is 0.167 e. The number of aryl methyl sites for hydroxylation is 1. The summed E-state index contributed by atoms with van der Waals surface area (Å²) >= 11 is 0. The Morgan fingerprint density at radius 2 is 2.33 bits per heavy atom. The van der Waals surface area contributed by atoms with Crippen molar-refractivity contribution >= 4 is 11.2 Å². The SMILES string of the molecule is [2H]C([2H])([2H])n1cnc2c(ncn2[C@@H]2O[C@H](CO)[C@@H](O)[C@H]2OC)c1=N. The Labute approximate surface area is 124 Å². The van der Waals surface area contributed by atoms with Crippen LogP contribution in [0.25, 0.3) is 11.2 Å². The lowest BCUT2D eigenvalue weighted by Gasteiger charge is -2.19. The molecule has 114 valence electrons. The van der Waals surface area contributed by atoms with Crippen molar-refractivity contribution in [3.8, 4) is 0 Å². The summed E-state index contributed by atoms with van der Waals surface area (Å²) in [4.78, 5) is 8.11. The van der Waals surface area contributed by atoms with Gasteiger partial charge in [0.1, 0.15) is 23.8 Å². The molecule has 2 aromatic heterocycles. The third-order valence-corrected chi connectivity index (χ3v) is 3.57. The lowest BCUT2D eigenvalue weighted by molar-refractivity contribution is -0.0583. The van der Waals surface area contributed by atoms with Gasteiger partial charge in [0.15, 0.2) is 17.4 Å². The maximum atomic E-state index is 10.1. The maximum absolute atomic E-state index is 10.1. The second-order valence-corrected chi connectivity index (χ2v) is 4.73. The minimum Gasteiger partial charge on any atom is -0.394 e. The van der Waals surface area contributed by atoms with Gasteiger partial charge in [-0.05, 0) is 0 Å². The summed E-state index contributed by atoms with van der Waals surface area (Å²) in [5.41, 5.74) is -0.0164. The molecule has 0 aliphatic carbocycles. The average molecular weight is 298 g/mol. The maximum Gasteiger partial charge on any atom is 0.167 e. The van der Waals surface area contributed by atoms with Crippen molar-refractivity contribution in [1.29, 1.82) is 5.41 Å². The second kappa shape index (κ2) is 5.19. The number of fused-ring (bicyclic) bond motifs is 1. The summed E-state index contributed by atoms with van der Waals surface area (Å²) in [7, 11) is 1.40. The van der Waals surface area contributed by atoms with E-state index in [0.717, 1.165) is 10.9 Å². The van der Waals surface area contributed by atoms with Gasteiger partial charge in [0.25, 0.3) is 0 Å². The molecule has 1 saturated heterocycles. The van der Waals surface area contributed by atoms with Crippen LogP contribution >= 0.6 is 0 Å². The lowest BCUT2D eigenvalue weighted by atomic mass is 10.1. The number of aliphatic hydroxyl groups is 2. The van der Waals surface area contributed by atoms with E-state index >= 15 is 0 Å². The van der Waals surface area contributed by atoms with Crippen LogP contribution < -0.4 is 5.49 Å².